The van der Waals surface area contributed by atoms with Crippen molar-refractivity contribution in [2.45, 2.75) is 38.7 Å². The highest BCUT2D eigenvalue weighted by molar-refractivity contribution is 6.34. The highest BCUT2D eigenvalue weighted by Gasteiger charge is 2.18. The largest absolute Gasteiger partial charge is 0.492 e. The van der Waals surface area contributed by atoms with E-state index in [1.807, 2.05) is 54.6 Å². The molecule has 40 heavy (non-hydrogen) atoms. The lowest BCUT2D eigenvalue weighted by atomic mass is 10.1. The maximum absolute atomic E-state index is 12.9. The number of benzene rings is 3. The van der Waals surface area contributed by atoms with E-state index in [-0.39, 0.29) is 19.6 Å². The molecule has 214 valence electrons. The highest BCUT2D eigenvalue weighted by Crippen LogP contribution is 2.20. The molecule has 1 unspecified atom stereocenters. The topological polar surface area (TPSA) is 85.3 Å². The van der Waals surface area contributed by atoms with E-state index in [0.29, 0.717) is 54.8 Å². The minimum Gasteiger partial charge on any atom is -0.492 e. The van der Waals surface area contributed by atoms with Gasteiger partial charge in [-0.05, 0) is 66.8 Å². The number of ether oxygens (including phenoxy) is 3. The van der Waals surface area contributed by atoms with Crippen LogP contribution in [0.4, 0.5) is 4.79 Å². The summed E-state index contributed by atoms with van der Waals surface area (Å²) in [4.78, 5) is 25.9. The van der Waals surface area contributed by atoms with Crippen molar-refractivity contribution in [3.63, 3.8) is 0 Å². The molecule has 9 heteroatoms. The zero-order valence-electron chi connectivity index (χ0n) is 22.6. The van der Waals surface area contributed by atoms with Crippen LogP contribution in [0, 0.1) is 0 Å². The molecule has 0 fully saturated rings. The first kappa shape index (κ1) is 31.3. The van der Waals surface area contributed by atoms with E-state index in [9.17, 15) is 14.7 Å². The van der Waals surface area contributed by atoms with E-state index in [2.05, 4.69) is 0 Å². The quantitative estimate of drug-likeness (QED) is 0.200. The fourth-order valence-electron chi connectivity index (χ4n) is 4.14. The summed E-state index contributed by atoms with van der Waals surface area (Å²) in [6.07, 6.45) is 1.02. The molecule has 0 heterocycles. The SMILES string of the molecule is CCOC(Cc1ccc(OCCN(CCCc2cc(Cl)cc(Cl)c2)C(=O)OCCc2ccccc2)cc1)C(=O)O. The van der Waals surface area contributed by atoms with E-state index in [0.717, 1.165) is 16.7 Å². The maximum atomic E-state index is 12.9. The van der Waals surface area contributed by atoms with Crippen molar-refractivity contribution in [3.8, 4) is 5.75 Å². The van der Waals surface area contributed by atoms with Gasteiger partial charge in [0.2, 0.25) is 0 Å². The number of carbonyl (C=O) groups is 2. The van der Waals surface area contributed by atoms with Gasteiger partial charge in [0, 0.05) is 36.0 Å². The minimum atomic E-state index is -0.989. The Morgan fingerprint density at radius 2 is 1.55 bits per heavy atom. The van der Waals surface area contributed by atoms with Crippen LogP contribution in [0.2, 0.25) is 10.0 Å². The van der Waals surface area contributed by atoms with Gasteiger partial charge in [0.15, 0.2) is 6.10 Å². The van der Waals surface area contributed by atoms with E-state index in [1.165, 1.54) is 0 Å². The van der Waals surface area contributed by atoms with Crippen LogP contribution in [0.25, 0.3) is 0 Å². The fraction of sp³-hybridized carbons (Fsp3) is 0.355. The summed E-state index contributed by atoms with van der Waals surface area (Å²) in [7, 11) is 0. The predicted molar refractivity (Wildman–Crippen MR) is 157 cm³/mol. The Balaban J connectivity index is 1.53. The third kappa shape index (κ3) is 11.1. The van der Waals surface area contributed by atoms with Gasteiger partial charge < -0.3 is 24.2 Å². The van der Waals surface area contributed by atoms with E-state index in [4.69, 9.17) is 37.4 Å². The van der Waals surface area contributed by atoms with Gasteiger partial charge >= 0.3 is 12.1 Å². The normalized spacial score (nSPS) is 11.6. The Kier molecular flexibility index (Phi) is 13.1. The summed E-state index contributed by atoms with van der Waals surface area (Å²) >= 11 is 12.2. The van der Waals surface area contributed by atoms with Gasteiger partial charge in [0.05, 0.1) is 13.2 Å². The lowest BCUT2D eigenvalue weighted by Crippen LogP contribution is -2.36. The minimum absolute atomic E-state index is 0.268. The van der Waals surface area contributed by atoms with Crippen LogP contribution < -0.4 is 4.74 Å². The molecule has 0 aliphatic carbocycles. The van der Waals surface area contributed by atoms with Crippen molar-refractivity contribution < 1.29 is 28.9 Å². The number of aliphatic carboxylic acids is 1. The van der Waals surface area contributed by atoms with Crippen molar-refractivity contribution in [1.82, 2.24) is 4.90 Å². The first-order valence-electron chi connectivity index (χ1n) is 13.3. The Bertz CT molecular complexity index is 1190. The van der Waals surface area contributed by atoms with Crippen molar-refractivity contribution in [1.29, 1.82) is 0 Å². The zero-order chi connectivity index (χ0) is 28.7. The molecular formula is C31H35Cl2NO6. The molecule has 0 aliphatic heterocycles. The van der Waals surface area contributed by atoms with E-state index in [1.54, 1.807) is 30.0 Å². The number of rotatable bonds is 16. The number of carbonyl (C=O) groups excluding carboxylic acids is 1. The number of hydrogen-bond acceptors (Lipinski definition) is 5. The fourth-order valence-corrected chi connectivity index (χ4v) is 4.72. The second kappa shape index (κ2) is 16.8. The number of halogens is 2. The van der Waals surface area contributed by atoms with Crippen molar-refractivity contribution >= 4 is 35.3 Å². The van der Waals surface area contributed by atoms with Crippen LogP contribution >= 0.6 is 23.2 Å². The third-order valence-electron chi connectivity index (χ3n) is 6.15. The number of hydrogen-bond donors (Lipinski definition) is 1. The summed E-state index contributed by atoms with van der Waals surface area (Å²) in [6.45, 7) is 3.47. The number of amides is 1. The second-order valence-electron chi connectivity index (χ2n) is 9.20. The molecule has 3 aromatic carbocycles. The Morgan fingerprint density at radius 1 is 0.850 bits per heavy atom. The van der Waals surface area contributed by atoms with Crippen molar-refractivity contribution in [2.24, 2.45) is 0 Å². The standard InChI is InChI=1S/C31H35Cl2NO6/c1-2-38-29(30(35)36)21-24-10-12-28(13-11-24)39-18-16-34(15-6-9-25-19-26(32)22-27(33)20-25)31(37)40-17-14-23-7-4-3-5-8-23/h3-5,7-8,10-13,19-20,22,29H,2,6,9,14-18,21H2,1H3,(H,35,36). The predicted octanol–water partition coefficient (Wildman–Crippen LogP) is 6.72. The Morgan fingerprint density at radius 3 is 2.20 bits per heavy atom. The van der Waals surface area contributed by atoms with Gasteiger partial charge in [-0.2, -0.15) is 0 Å². The molecule has 0 saturated carbocycles. The lowest BCUT2D eigenvalue weighted by Gasteiger charge is -2.22. The number of nitrogens with zero attached hydrogens (tertiary/aromatic N) is 1. The molecular weight excluding hydrogens is 553 g/mol. The third-order valence-corrected chi connectivity index (χ3v) is 6.59. The molecule has 0 radical (unpaired) electrons. The summed E-state index contributed by atoms with van der Waals surface area (Å²) in [6, 6.07) is 22.5. The second-order valence-corrected chi connectivity index (χ2v) is 10.1. The van der Waals surface area contributed by atoms with Gasteiger partial charge in [0.25, 0.3) is 0 Å². The molecule has 3 rings (SSSR count). The van der Waals surface area contributed by atoms with Crippen LogP contribution in [0.3, 0.4) is 0 Å². The number of carboxylic acids is 1. The highest BCUT2D eigenvalue weighted by atomic mass is 35.5. The lowest BCUT2D eigenvalue weighted by molar-refractivity contribution is -0.149. The van der Waals surface area contributed by atoms with Crippen LogP contribution in [0.1, 0.15) is 30.0 Å². The van der Waals surface area contributed by atoms with Gasteiger partial charge in [-0.25, -0.2) is 9.59 Å². The summed E-state index contributed by atoms with van der Waals surface area (Å²) in [5.41, 5.74) is 2.93. The monoisotopic (exact) mass is 587 g/mol. The first-order chi connectivity index (χ1) is 19.3. The summed E-state index contributed by atoms with van der Waals surface area (Å²) in [5.74, 6) is -0.366. The van der Waals surface area contributed by atoms with Crippen molar-refractivity contribution in [3.05, 3.63) is 99.5 Å². The molecule has 1 atom stereocenters. The molecule has 7 nitrogen and oxygen atoms in total. The first-order valence-corrected chi connectivity index (χ1v) is 14.1. The van der Waals surface area contributed by atoms with Gasteiger partial charge in [-0.3, -0.25) is 0 Å². The molecule has 0 aliphatic rings. The molecule has 1 amide bonds. The Labute approximate surface area is 245 Å². The molecule has 0 saturated heterocycles. The molecule has 1 N–H and O–H groups in total. The molecule has 0 bridgehead atoms. The zero-order valence-corrected chi connectivity index (χ0v) is 24.1. The Hall–Kier alpha value is -3.26. The van der Waals surface area contributed by atoms with Crippen molar-refractivity contribution in [2.75, 3.05) is 32.9 Å². The van der Waals surface area contributed by atoms with Gasteiger partial charge in [-0.1, -0.05) is 65.7 Å². The molecule has 3 aromatic rings. The van der Waals surface area contributed by atoms with Crippen LogP contribution in [0.15, 0.2) is 72.8 Å². The smallest absolute Gasteiger partial charge is 0.409 e. The van der Waals surface area contributed by atoms with Crippen LogP contribution in [-0.4, -0.2) is 61.1 Å². The summed E-state index contributed by atoms with van der Waals surface area (Å²) < 4.78 is 16.7. The van der Waals surface area contributed by atoms with Crippen LogP contribution in [-0.2, 0) is 33.5 Å². The average Bonchev–Trinajstić information content (AvgIpc) is 2.93. The summed E-state index contributed by atoms with van der Waals surface area (Å²) in [5, 5.41) is 10.5. The molecule has 0 spiro atoms. The van der Waals surface area contributed by atoms with E-state index >= 15 is 0 Å². The van der Waals surface area contributed by atoms with E-state index < -0.39 is 18.2 Å². The number of aryl methyl sites for hydroxylation is 1. The number of carboxylic acid groups (broad SMARTS) is 1. The van der Waals surface area contributed by atoms with Crippen LogP contribution in [0.5, 0.6) is 5.75 Å². The molecule has 0 aromatic heterocycles. The van der Waals surface area contributed by atoms with Gasteiger partial charge in [0.1, 0.15) is 12.4 Å². The maximum Gasteiger partial charge on any atom is 0.409 e. The van der Waals surface area contributed by atoms with Gasteiger partial charge in [-0.15, -0.1) is 0 Å². The average molecular weight is 589 g/mol.